The monoisotopic (exact) mass is 467 g/mol. The summed E-state index contributed by atoms with van der Waals surface area (Å²) in [5.41, 5.74) is 7.94. The number of imidazole rings is 1. The van der Waals surface area contributed by atoms with Gasteiger partial charge >= 0.3 is 0 Å². The van der Waals surface area contributed by atoms with E-state index in [1.807, 2.05) is 0 Å². The fraction of sp³-hybridized carbons (Fsp3) is 0. The normalized spacial score (nSPS) is 11.4. The Kier molecular flexibility index (Phi) is 4.64. The van der Waals surface area contributed by atoms with Crippen LogP contribution >= 0.6 is 11.3 Å². The molecule has 7 rings (SSSR count). The van der Waals surface area contributed by atoms with Crippen molar-refractivity contribution in [3.63, 3.8) is 0 Å². The van der Waals surface area contributed by atoms with Gasteiger partial charge in [-0.1, -0.05) is 54.6 Å². The summed E-state index contributed by atoms with van der Waals surface area (Å²) < 4.78 is 5.69. The third-order valence-corrected chi connectivity index (χ3v) is 7.46. The van der Waals surface area contributed by atoms with Crippen molar-refractivity contribution in [2.45, 2.75) is 0 Å². The number of fused-ring (bicyclic) bond motifs is 2. The number of aromatic nitrogens is 3. The molecule has 0 saturated heterocycles. The van der Waals surface area contributed by atoms with Crippen LogP contribution in [0, 0.1) is 0 Å². The summed E-state index contributed by atoms with van der Waals surface area (Å²) in [6.45, 7) is 0. The Morgan fingerprint density at radius 1 is 0.629 bits per heavy atom. The van der Waals surface area contributed by atoms with Crippen molar-refractivity contribution in [3.8, 4) is 33.9 Å². The lowest BCUT2D eigenvalue weighted by Crippen LogP contribution is -1.97. The van der Waals surface area contributed by atoms with Gasteiger partial charge in [0, 0.05) is 44.8 Å². The lowest BCUT2D eigenvalue weighted by Gasteiger charge is -2.11. The Morgan fingerprint density at radius 3 is 2.17 bits per heavy atom. The first kappa shape index (κ1) is 20.0. The van der Waals surface area contributed by atoms with E-state index in [1.54, 1.807) is 11.3 Å². The van der Waals surface area contributed by atoms with Gasteiger partial charge in [-0.05, 0) is 65.7 Å². The number of benzene rings is 4. The maximum Gasteiger partial charge on any atom is 0.147 e. The maximum absolute atomic E-state index is 5.12. The fourth-order valence-corrected chi connectivity index (χ4v) is 5.68. The quantitative estimate of drug-likeness (QED) is 0.255. The van der Waals surface area contributed by atoms with Crippen molar-refractivity contribution < 1.29 is 0 Å². The summed E-state index contributed by atoms with van der Waals surface area (Å²) in [7, 11) is 0. The zero-order valence-electron chi connectivity index (χ0n) is 18.9. The van der Waals surface area contributed by atoms with Crippen molar-refractivity contribution in [3.05, 3.63) is 127 Å². The molecule has 0 amide bonds. The third-order valence-electron chi connectivity index (χ3n) is 6.49. The predicted octanol–water partition coefficient (Wildman–Crippen LogP) is 8.36. The van der Waals surface area contributed by atoms with Crippen LogP contribution in [0.5, 0.6) is 0 Å². The minimum Gasteiger partial charge on any atom is -0.324 e. The van der Waals surface area contributed by atoms with Gasteiger partial charge < -0.3 is 4.57 Å². The largest absolute Gasteiger partial charge is 0.324 e. The molecule has 0 fully saturated rings. The van der Waals surface area contributed by atoms with Crippen molar-refractivity contribution in [2.24, 2.45) is 0 Å². The van der Waals surface area contributed by atoms with E-state index in [4.69, 9.17) is 4.98 Å². The summed E-state index contributed by atoms with van der Waals surface area (Å²) in [6.07, 6.45) is 4.16. The van der Waals surface area contributed by atoms with Gasteiger partial charge in [0.2, 0.25) is 0 Å². The van der Waals surface area contributed by atoms with Crippen LogP contribution in [0.15, 0.2) is 127 Å². The van der Waals surface area contributed by atoms with Crippen LogP contribution < -0.4 is 0 Å². The molecule has 166 valence electrons. The van der Waals surface area contributed by atoms with Crippen LogP contribution in [0.3, 0.4) is 0 Å². The SMILES string of the molecule is c1ccc(-c2ccc(-n3c(-c4csc5ccc(-n6cccc6)cc45)nc4ccccc43)cc2)cc1. The van der Waals surface area contributed by atoms with E-state index >= 15 is 0 Å². The van der Waals surface area contributed by atoms with Gasteiger partial charge in [-0.3, -0.25) is 4.57 Å². The summed E-state index contributed by atoms with van der Waals surface area (Å²) in [5, 5.41) is 3.46. The van der Waals surface area contributed by atoms with Gasteiger partial charge in [-0.25, -0.2) is 4.98 Å². The minimum atomic E-state index is 0.967. The molecule has 0 atom stereocenters. The molecule has 0 aliphatic heterocycles. The van der Waals surface area contributed by atoms with Crippen LogP contribution in [0.1, 0.15) is 0 Å². The first-order valence-electron chi connectivity index (χ1n) is 11.6. The number of rotatable bonds is 4. The molecule has 4 aromatic carbocycles. The molecule has 0 spiro atoms. The number of nitrogens with zero attached hydrogens (tertiary/aromatic N) is 3. The molecule has 3 heterocycles. The second-order valence-corrected chi connectivity index (χ2v) is 9.50. The highest BCUT2D eigenvalue weighted by Gasteiger charge is 2.18. The van der Waals surface area contributed by atoms with Crippen molar-refractivity contribution in [1.82, 2.24) is 14.1 Å². The van der Waals surface area contributed by atoms with Gasteiger partial charge in [0.05, 0.1) is 11.0 Å². The molecular formula is C31H21N3S. The summed E-state index contributed by atoms with van der Waals surface area (Å²) in [5.74, 6) is 0.967. The van der Waals surface area contributed by atoms with Gasteiger partial charge in [0.25, 0.3) is 0 Å². The number of para-hydroxylation sites is 2. The molecule has 0 aliphatic carbocycles. The molecule has 35 heavy (non-hydrogen) atoms. The zero-order chi connectivity index (χ0) is 23.2. The Bertz CT molecular complexity index is 1770. The van der Waals surface area contributed by atoms with Gasteiger partial charge in [-0.2, -0.15) is 0 Å². The van der Waals surface area contributed by atoms with E-state index < -0.39 is 0 Å². The second kappa shape index (κ2) is 8.12. The summed E-state index contributed by atoms with van der Waals surface area (Å²) >= 11 is 1.77. The third kappa shape index (κ3) is 3.38. The molecule has 0 bridgehead atoms. The van der Waals surface area contributed by atoms with Crippen LogP contribution in [0.4, 0.5) is 0 Å². The average Bonchev–Trinajstić information content (AvgIpc) is 3.67. The van der Waals surface area contributed by atoms with Crippen molar-refractivity contribution >= 4 is 32.5 Å². The molecule has 0 saturated carbocycles. The molecule has 3 aromatic heterocycles. The Hall–Kier alpha value is -4.41. The standard InChI is InChI=1S/C31H21N3S/c1-2-8-22(9-3-1)23-12-14-24(15-13-23)34-29-11-5-4-10-28(29)32-31(34)27-21-35-30-17-16-25(20-26(27)30)33-18-6-7-19-33/h1-21H. The second-order valence-electron chi connectivity index (χ2n) is 8.59. The molecule has 4 heteroatoms. The van der Waals surface area contributed by atoms with Crippen LogP contribution in [-0.2, 0) is 0 Å². The smallest absolute Gasteiger partial charge is 0.147 e. The Balaban J connectivity index is 1.42. The number of hydrogen-bond donors (Lipinski definition) is 0. The highest BCUT2D eigenvalue weighted by Crippen LogP contribution is 2.38. The van der Waals surface area contributed by atoms with Gasteiger partial charge in [0.15, 0.2) is 0 Å². The van der Waals surface area contributed by atoms with E-state index in [1.165, 1.54) is 21.2 Å². The zero-order valence-corrected chi connectivity index (χ0v) is 19.7. The summed E-state index contributed by atoms with van der Waals surface area (Å²) in [6, 6.07) is 38.4. The Morgan fingerprint density at radius 2 is 1.34 bits per heavy atom. The highest BCUT2D eigenvalue weighted by molar-refractivity contribution is 7.17. The van der Waals surface area contributed by atoms with E-state index in [0.717, 1.165) is 33.8 Å². The van der Waals surface area contributed by atoms with Crippen LogP contribution in [0.25, 0.3) is 55.0 Å². The van der Waals surface area contributed by atoms with E-state index in [-0.39, 0.29) is 0 Å². The molecule has 0 radical (unpaired) electrons. The fourth-order valence-electron chi connectivity index (χ4n) is 4.76. The first-order chi connectivity index (χ1) is 17.3. The molecule has 0 aliphatic rings. The number of hydrogen-bond acceptors (Lipinski definition) is 2. The predicted molar refractivity (Wildman–Crippen MR) is 147 cm³/mol. The minimum absolute atomic E-state index is 0.967. The van der Waals surface area contributed by atoms with E-state index in [0.29, 0.717) is 0 Å². The van der Waals surface area contributed by atoms with Crippen molar-refractivity contribution in [1.29, 1.82) is 0 Å². The maximum atomic E-state index is 5.12. The van der Waals surface area contributed by atoms with Crippen LogP contribution in [-0.4, -0.2) is 14.1 Å². The summed E-state index contributed by atoms with van der Waals surface area (Å²) in [4.78, 5) is 5.12. The van der Waals surface area contributed by atoms with Gasteiger partial charge in [-0.15, -0.1) is 11.3 Å². The average molecular weight is 468 g/mol. The lowest BCUT2D eigenvalue weighted by atomic mass is 10.1. The van der Waals surface area contributed by atoms with Gasteiger partial charge in [0.1, 0.15) is 5.82 Å². The molecule has 7 aromatic rings. The highest BCUT2D eigenvalue weighted by atomic mass is 32.1. The van der Waals surface area contributed by atoms with Crippen LogP contribution in [0.2, 0.25) is 0 Å². The lowest BCUT2D eigenvalue weighted by molar-refractivity contribution is 1.08. The van der Waals surface area contributed by atoms with Crippen molar-refractivity contribution in [2.75, 3.05) is 0 Å². The number of thiophene rings is 1. The molecule has 3 nitrogen and oxygen atoms in total. The molecular weight excluding hydrogens is 446 g/mol. The molecule has 0 N–H and O–H groups in total. The molecule has 0 unspecified atom stereocenters. The van der Waals surface area contributed by atoms with E-state index in [2.05, 4.69) is 136 Å². The topological polar surface area (TPSA) is 22.8 Å². The Labute approximate surface area is 207 Å². The van der Waals surface area contributed by atoms with E-state index in [9.17, 15) is 0 Å². The first-order valence-corrected chi connectivity index (χ1v) is 12.5.